The first-order valence-electron chi connectivity index (χ1n) is 5.77. The van der Waals surface area contributed by atoms with Crippen LogP contribution in [-0.4, -0.2) is 25.3 Å². The van der Waals surface area contributed by atoms with Gasteiger partial charge in [-0.25, -0.2) is 4.79 Å². The summed E-state index contributed by atoms with van der Waals surface area (Å²) in [6, 6.07) is 7.92. The van der Waals surface area contributed by atoms with E-state index >= 15 is 0 Å². The molecule has 2 aromatic rings. The van der Waals surface area contributed by atoms with Crippen LogP contribution in [0.5, 0.6) is 5.75 Å². The maximum Gasteiger partial charge on any atom is 0.373 e. The van der Waals surface area contributed by atoms with Crippen molar-refractivity contribution < 1.29 is 23.8 Å². The van der Waals surface area contributed by atoms with E-state index in [9.17, 15) is 9.90 Å². The van der Waals surface area contributed by atoms with Crippen molar-refractivity contribution in [3.05, 3.63) is 52.4 Å². The highest BCUT2D eigenvalue weighted by atomic mass is 35.5. The summed E-state index contributed by atoms with van der Waals surface area (Å²) in [6.45, 7) is 0. The van der Waals surface area contributed by atoms with Crippen LogP contribution in [0.25, 0.3) is 0 Å². The zero-order chi connectivity index (χ0) is 14.7. The largest absolute Gasteiger partial charge is 0.496 e. The van der Waals surface area contributed by atoms with Gasteiger partial charge in [-0.05, 0) is 24.3 Å². The van der Waals surface area contributed by atoms with Crippen molar-refractivity contribution in [2.75, 3.05) is 14.2 Å². The molecule has 0 aliphatic heterocycles. The third kappa shape index (κ3) is 2.64. The highest BCUT2D eigenvalue weighted by Gasteiger charge is 2.23. The molecule has 0 amide bonds. The van der Waals surface area contributed by atoms with E-state index in [1.165, 1.54) is 26.4 Å². The molecule has 0 saturated carbocycles. The van der Waals surface area contributed by atoms with Crippen molar-refractivity contribution in [2.45, 2.75) is 6.10 Å². The number of furan rings is 1. The van der Waals surface area contributed by atoms with E-state index in [1.54, 1.807) is 18.2 Å². The second-order valence-corrected chi connectivity index (χ2v) is 4.36. The highest BCUT2D eigenvalue weighted by molar-refractivity contribution is 6.31. The predicted octanol–water partition coefficient (Wildman–Crippen LogP) is 2.81. The summed E-state index contributed by atoms with van der Waals surface area (Å²) in [5.74, 6) is -0.0000351. The van der Waals surface area contributed by atoms with Crippen molar-refractivity contribution in [3.63, 3.8) is 0 Å². The zero-order valence-electron chi connectivity index (χ0n) is 10.9. The summed E-state index contributed by atoms with van der Waals surface area (Å²) in [4.78, 5) is 11.3. The Labute approximate surface area is 120 Å². The van der Waals surface area contributed by atoms with E-state index in [4.69, 9.17) is 20.8 Å². The van der Waals surface area contributed by atoms with Gasteiger partial charge in [-0.3, -0.25) is 0 Å². The van der Waals surface area contributed by atoms with Crippen LogP contribution in [0.4, 0.5) is 0 Å². The summed E-state index contributed by atoms with van der Waals surface area (Å²) in [7, 11) is 2.72. The number of esters is 1. The lowest BCUT2D eigenvalue weighted by atomic mass is 10.1. The van der Waals surface area contributed by atoms with E-state index in [0.29, 0.717) is 16.3 Å². The molecule has 0 fully saturated rings. The predicted molar refractivity (Wildman–Crippen MR) is 72.1 cm³/mol. The lowest BCUT2D eigenvalue weighted by Crippen LogP contribution is -2.03. The van der Waals surface area contributed by atoms with Gasteiger partial charge in [0.1, 0.15) is 17.6 Å². The number of hydrogen-bond acceptors (Lipinski definition) is 5. The number of benzene rings is 1. The molecule has 0 radical (unpaired) electrons. The third-order valence-corrected chi connectivity index (χ3v) is 3.12. The molecule has 0 spiro atoms. The Morgan fingerprint density at radius 2 is 2.05 bits per heavy atom. The van der Waals surface area contributed by atoms with Crippen LogP contribution < -0.4 is 4.74 Å². The molecular weight excluding hydrogens is 284 g/mol. The van der Waals surface area contributed by atoms with E-state index in [-0.39, 0.29) is 11.5 Å². The van der Waals surface area contributed by atoms with Crippen LogP contribution >= 0.6 is 11.6 Å². The van der Waals surface area contributed by atoms with Gasteiger partial charge < -0.3 is 19.0 Å². The number of halogens is 1. The van der Waals surface area contributed by atoms with E-state index in [2.05, 4.69) is 4.74 Å². The Hall–Kier alpha value is -1.98. The topological polar surface area (TPSA) is 68.9 Å². The number of ether oxygens (including phenoxy) is 2. The zero-order valence-corrected chi connectivity index (χ0v) is 11.7. The molecule has 1 aromatic carbocycles. The van der Waals surface area contributed by atoms with Gasteiger partial charge in [0.05, 0.1) is 19.2 Å². The van der Waals surface area contributed by atoms with Gasteiger partial charge in [0.2, 0.25) is 5.76 Å². The molecule has 6 heteroatoms. The summed E-state index contributed by atoms with van der Waals surface area (Å²) in [6.07, 6.45) is -1.14. The highest BCUT2D eigenvalue weighted by Crippen LogP contribution is 2.36. The van der Waals surface area contributed by atoms with Crippen LogP contribution in [0.3, 0.4) is 0 Å². The first kappa shape index (κ1) is 14.4. The smallest absolute Gasteiger partial charge is 0.373 e. The van der Waals surface area contributed by atoms with Crippen molar-refractivity contribution in [1.82, 2.24) is 0 Å². The van der Waals surface area contributed by atoms with Gasteiger partial charge in [0.15, 0.2) is 0 Å². The van der Waals surface area contributed by atoms with Gasteiger partial charge in [-0.2, -0.15) is 0 Å². The fraction of sp³-hybridized carbons (Fsp3) is 0.214. The summed E-state index contributed by atoms with van der Waals surface area (Å²) >= 11 is 6.08. The van der Waals surface area contributed by atoms with Crippen LogP contribution in [0.2, 0.25) is 5.02 Å². The summed E-state index contributed by atoms with van der Waals surface area (Å²) in [5.41, 5.74) is 0.377. The van der Waals surface area contributed by atoms with E-state index < -0.39 is 12.1 Å². The van der Waals surface area contributed by atoms with Gasteiger partial charge >= 0.3 is 5.97 Å². The van der Waals surface area contributed by atoms with Gasteiger partial charge in [-0.15, -0.1) is 0 Å². The van der Waals surface area contributed by atoms with Gasteiger partial charge in [0.25, 0.3) is 0 Å². The maximum absolute atomic E-state index is 11.3. The van der Waals surface area contributed by atoms with Crippen LogP contribution in [-0.2, 0) is 4.74 Å². The third-order valence-electron chi connectivity index (χ3n) is 2.79. The fourth-order valence-electron chi connectivity index (χ4n) is 1.81. The molecule has 0 aliphatic carbocycles. The lowest BCUT2D eigenvalue weighted by Gasteiger charge is -2.14. The fourth-order valence-corrected chi connectivity index (χ4v) is 2.08. The van der Waals surface area contributed by atoms with Gasteiger partial charge in [0, 0.05) is 5.56 Å². The molecule has 1 aromatic heterocycles. The van der Waals surface area contributed by atoms with E-state index in [0.717, 1.165) is 0 Å². The first-order chi connectivity index (χ1) is 9.58. The maximum atomic E-state index is 11.3. The normalized spacial score (nSPS) is 12.0. The van der Waals surface area contributed by atoms with Crippen molar-refractivity contribution in [3.8, 4) is 5.75 Å². The van der Waals surface area contributed by atoms with Crippen molar-refractivity contribution >= 4 is 17.6 Å². The number of aliphatic hydroxyl groups is 1. The Kier molecular flexibility index (Phi) is 4.32. The van der Waals surface area contributed by atoms with Crippen LogP contribution in [0.15, 0.2) is 34.7 Å². The average Bonchev–Trinajstić information content (AvgIpc) is 2.95. The number of rotatable bonds is 4. The van der Waals surface area contributed by atoms with Crippen molar-refractivity contribution in [2.24, 2.45) is 0 Å². The van der Waals surface area contributed by atoms with Crippen LogP contribution in [0, 0.1) is 0 Å². The molecular formula is C14H13ClO5. The minimum absolute atomic E-state index is 0.00701. The molecule has 1 N–H and O–H groups in total. The molecule has 106 valence electrons. The quantitative estimate of drug-likeness (QED) is 0.879. The number of carbonyl (C=O) groups is 1. The Morgan fingerprint density at radius 1 is 1.30 bits per heavy atom. The van der Waals surface area contributed by atoms with Crippen LogP contribution in [0.1, 0.15) is 28.0 Å². The second kappa shape index (κ2) is 5.98. The number of hydrogen-bond donors (Lipinski definition) is 1. The molecule has 0 bridgehead atoms. The minimum atomic E-state index is -1.14. The molecule has 1 unspecified atom stereocenters. The number of methoxy groups -OCH3 is 2. The SMILES string of the molecule is COC(=O)c1ccc(C(O)c2c(Cl)cccc2OC)o1. The molecule has 2 rings (SSSR count). The van der Waals surface area contributed by atoms with E-state index in [1.807, 2.05) is 0 Å². The standard InChI is InChI=1S/C14H13ClO5/c1-18-9-5-3-4-8(15)12(9)13(16)10-6-7-11(20-10)14(17)19-2/h3-7,13,16H,1-2H3. The molecule has 5 nitrogen and oxygen atoms in total. The molecule has 1 heterocycles. The summed E-state index contributed by atoms with van der Waals surface area (Å²) < 4.78 is 15.0. The van der Waals surface area contributed by atoms with Crippen molar-refractivity contribution in [1.29, 1.82) is 0 Å². The molecule has 20 heavy (non-hydrogen) atoms. The molecule has 0 aliphatic rings. The summed E-state index contributed by atoms with van der Waals surface area (Å²) in [5, 5.41) is 10.7. The average molecular weight is 297 g/mol. The minimum Gasteiger partial charge on any atom is -0.496 e. The first-order valence-corrected chi connectivity index (χ1v) is 6.14. The monoisotopic (exact) mass is 296 g/mol. The molecule has 1 atom stereocenters. The Balaban J connectivity index is 2.39. The van der Waals surface area contributed by atoms with Gasteiger partial charge in [-0.1, -0.05) is 17.7 Å². The Bertz CT molecular complexity index is 620. The number of aliphatic hydroxyl groups excluding tert-OH is 1. The lowest BCUT2D eigenvalue weighted by molar-refractivity contribution is 0.0558. The second-order valence-electron chi connectivity index (χ2n) is 3.95. The molecule has 0 saturated heterocycles. The number of carbonyl (C=O) groups excluding carboxylic acids is 1. The Morgan fingerprint density at radius 3 is 2.70 bits per heavy atom.